The highest BCUT2D eigenvalue weighted by atomic mass is 35.5. The van der Waals surface area contributed by atoms with E-state index in [-0.39, 0.29) is 31.3 Å². The fraction of sp³-hybridized carbons (Fsp3) is 0.500. The van der Waals surface area contributed by atoms with Crippen LogP contribution in [0.4, 0.5) is 0 Å². The Morgan fingerprint density at radius 2 is 2.24 bits per heavy atom. The third-order valence-electron chi connectivity index (χ3n) is 3.21. The molecule has 1 aromatic carbocycles. The lowest BCUT2D eigenvalue weighted by Crippen LogP contribution is -2.50. The number of rotatable bonds is 5. The summed E-state index contributed by atoms with van der Waals surface area (Å²) in [6.45, 7) is 1.15. The van der Waals surface area contributed by atoms with E-state index < -0.39 is 0 Å². The van der Waals surface area contributed by atoms with Crippen LogP contribution in [-0.4, -0.2) is 49.6 Å². The van der Waals surface area contributed by atoms with E-state index in [1.54, 1.807) is 12.1 Å². The van der Waals surface area contributed by atoms with Gasteiger partial charge in [0, 0.05) is 12.2 Å². The van der Waals surface area contributed by atoms with Crippen LogP contribution in [0.15, 0.2) is 18.2 Å². The van der Waals surface area contributed by atoms with Crippen LogP contribution in [-0.2, 0) is 9.47 Å². The lowest BCUT2D eigenvalue weighted by Gasteiger charge is -2.32. The van der Waals surface area contributed by atoms with Crippen molar-refractivity contribution >= 4 is 29.1 Å². The fourth-order valence-corrected chi connectivity index (χ4v) is 2.44. The minimum Gasteiger partial charge on any atom is -0.394 e. The normalized spacial score (nSPS) is 22.0. The minimum absolute atomic E-state index is 0.0508. The zero-order valence-corrected chi connectivity index (χ0v) is 12.9. The lowest BCUT2D eigenvalue weighted by molar-refractivity contribution is -0.0612. The molecule has 5 nitrogen and oxygen atoms in total. The minimum atomic E-state index is -0.262. The lowest BCUT2D eigenvalue weighted by atomic mass is 10.1. The molecule has 0 radical (unpaired) electrons. The van der Waals surface area contributed by atoms with Crippen LogP contribution < -0.4 is 5.32 Å². The topological polar surface area (TPSA) is 67.8 Å². The molecule has 2 rings (SSSR count). The number of ether oxygens (including phenoxy) is 2. The Balaban J connectivity index is 2.00. The summed E-state index contributed by atoms with van der Waals surface area (Å²) in [4.78, 5) is 12.2. The first-order valence-electron chi connectivity index (χ1n) is 6.68. The van der Waals surface area contributed by atoms with Gasteiger partial charge in [0.15, 0.2) is 0 Å². The van der Waals surface area contributed by atoms with E-state index in [1.807, 2.05) is 0 Å². The summed E-state index contributed by atoms with van der Waals surface area (Å²) in [6, 6.07) is 4.45. The molecular weight excluding hydrogens is 317 g/mol. The summed E-state index contributed by atoms with van der Waals surface area (Å²) >= 11 is 11.7. The molecule has 1 saturated heterocycles. The van der Waals surface area contributed by atoms with Crippen molar-refractivity contribution in [3.63, 3.8) is 0 Å². The van der Waals surface area contributed by atoms with Crippen molar-refractivity contribution in [2.75, 3.05) is 26.4 Å². The number of hydrogen-bond donors (Lipinski definition) is 2. The summed E-state index contributed by atoms with van der Waals surface area (Å²) in [7, 11) is 0. The van der Waals surface area contributed by atoms with Crippen molar-refractivity contribution in [1.82, 2.24) is 5.32 Å². The molecule has 21 heavy (non-hydrogen) atoms. The van der Waals surface area contributed by atoms with E-state index in [4.69, 9.17) is 37.8 Å². The van der Waals surface area contributed by atoms with E-state index in [0.29, 0.717) is 35.2 Å². The van der Waals surface area contributed by atoms with Gasteiger partial charge in [0.1, 0.15) is 0 Å². The third kappa shape index (κ3) is 4.56. The Hall–Kier alpha value is -0.850. The maximum absolute atomic E-state index is 12.2. The maximum Gasteiger partial charge on any atom is 0.251 e. The standard InChI is InChI=1S/C14H17Cl2NO4/c15-10-2-1-9(7-11(10)16)14(19)17-12-8-20-5-3-13(12)21-6-4-18/h1-2,7,12-13,18H,3-6,8H2,(H,17,19)/t12-,13+/m1/s1. The SMILES string of the molecule is O=C(N[C@@H]1COCC[C@@H]1OCCO)c1ccc(Cl)c(Cl)c1. The Bertz CT molecular complexity index is 498. The molecular formula is C14H17Cl2NO4. The average molecular weight is 334 g/mol. The van der Waals surface area contributed by atoms with Crippen molar-refractivity contribution in [3.8, 4) is 0 Å². The van der Waals surface area contributed by atoms with Gasteiger partial charge in [0.25, 0.3) is 5.91 Å². The molecule has 1 fully saturated rings. The van der Waals surface area contributed by atoms with Crippen molar-refractivity contribution in [2.24, 2.45) is 0 Å². The maximum atomic E-state index is 12.2. The number of halogens is 2. The first-order chi connectivity index (χ1) is 10.1. The molecule has 2 atom stereocenters. The Morgan fingerprint density at radius 3 is 2.95 bits per heavy atom. The fourth-order valence-electron chi connectivity index (χ4n) is 2.15. The van der Waals surface area contributed by atoms with Gasteiger partial charge < -0.3 is 19.9 Å². The molecule has 1 aromatic rings. The monoisotopic (exact) mass is 333 g/mol. The van der Waals surface area contributed by atoms with E-state index in [9.17, 15) is 4.79 Å². The summed E-state index contributed by atoms with van der Waals surface area (Å²) in [5, 5.41) is 12.4. The molecule has 2 N–H and O–H groups in total. The quantitative estimate of drug-likeness (QED) is 0.863. The van der Waals surface area contributed by atoms with Gasteiger partial charge in [0.2, 0.25) is 0 Å². The molecule has 1 aliphatic rings. The summed E-state index contributed by atoms with van der Waals surface area (Å²) in [5.74, 6) is -0.262. The van der Waals surface area contributed by atoms with Gasteiger partial charge in [-0.05, 0) is 24.6 Å². The molecule has 1 heterocycles. The molecule has 0 spiro atoms. The highest BCUT2D eigenvalue weighted by molar-refractivity contribution is 6.42. The second-order valence-corrected chi connectivity index (χ2v) is 5.52. The summed E-state index contributed by atoms with van der Waals surface area (Å²) in [6.07, 6.45) is 0.504. The van der Waals surface area contributed by atoms with E-state index in [2.05, 4.69) is 5.32 Å². The first kappa shape index (κ1) is 16.5. The smallest absolute Gasteiger partial charge is 0.251 e. The van der Waals surface area contributed by atoms with Crippen LogP contribution in [0.25, 0.3) is 0 Å². The van der Waals surface area contributed by atoms with Crippen molar-refractivity contribution in [2.45, 2.75) is 18.6 Å². The van der Waals surface area contributed by atoms with Crippen LogP contribution in [0.3, 0.4) is 0 Å². The van der Waals surface area contributed by atoms with Gasteiger partial charge in [0.05, 0.1) is 42.0 Å². The predicted molar refractivity (Wildman–Crippen MR) is 80.0 cm³/mol. The van der Waals surface area contributed by atoms with Crippen molar-refractivity contribution < 1.29 is 19.4 Å². The number of amides is 1. The number of benzene rings is 1. The van der Waals surface area contributed by atoms with Crippen LogP contribution in [0, 0.1) is 0 Å². The van der Waals surface area contributed by atoms with Crippen molar-refractivity contribution in [1.29, 1.82) is 0 Å². The van der Waals surface area contributed by atoms with Crippen LogP contribution >= 0.6 is 23.2 Å². The molecule has 1 amide bonds. The predicted octanol–water partition coefficient (Wildman–Crippen LogP) is 1.89. The Kier molecular flexibility index (Phi) is 6.26. The Labute approximate surface area is 133 Å². The molecule has 0 aromatic heterocycles. The van der Waals surface area contributed by atoms with E-state index >= 15 is 0 Å². The van der Waals surface area contributed by atoms with Crippen LogP contribution in [0.5, 0.6) is 0 Å². The molecule has 7 heteroatoms. The van der Waals surface area contributed by atoms with E-state index in [1.165, 1.54) is 6.07 Å². The first-order valence-corrected chi connectivity index (χ1v) is 7.43. The highest BCUT2D eigenvalue weighted by Gasteiger charge is 2.28. The van der Waals surface area contributed by atoms with Gasteiger partial charge in [-0.2, -0.15) is 0 Å². The number of carbonyl (C=O) groups is 1. The molecule has 0 aliphatic carbocycles. The van der Waals surface area contributed by atoms with Gasteiger partial charge in [-0.1, -0.05) is 23.2 Å². The van der Waals surface area contributed by atoms with Gasteiger partial charge in [-0.25, -0.2) is 0 Å². The Morgan fingerprint density at radius 1 is 1.43 bits per heavy atom. The van der Waals surface area contributed by atoms with Gasteiger partial charge >= 0.3 is 0 Å². The largest absolute Gasteiger partial charge is 0.394 e. The second-order valence-electron chi connectivity index (χ2n) is 4.71. The summed E-state index contributed by atoms with van der Waals surface area (Å²) in [5.41, 5.74) is 0.427. The highest BCUT2D eigenvalue weighted by Crippen LogP contribution is 2.22. The number of hydrogen-bond acceptors (Lipinski definition) is 4. The zero-order chi connectivity index (χ0) is 15.2. The molecule has 0 saturated carbocycles. The van der Waals surface area contributed by atoms with Gasteiger partial charge in [-0.3, -0.25) is 4.79 Å². The second kappa shape index (κ2) is 7.96. The number of aliphatic hydroxyl groups excluding tert-OH is 1. The summed E-state index contributed by atoms with van der Waals surface area (Å²) < 4.78 is 10.9. The van der Waals surface area contributed by atoms with Crippen LogP contribution in [0.1, 0.15) is 16.8 Å². The number of aliphatic hydroxyl groups is 1. The van der Waals surface area contributed by atoms with Crippen LogP contribution in [0.2, 0.25) is 10.0 Å². The van der Waals surface area contributed by atoms with Gasteiger partial charge in [-0.15, -0.1) is 0 Å². The third-order valence-corrected chi connectivity index (χ3v) is 3.95. The average Bonchev–Trinajstić information content (AvgIpc) is 2.49. The number of carbonyl (C=O) groups excluding carboxylic acids is 1. The molecule has 0 unspecified atom stereocenters. The number of nitrogens with one attached hydrogen (secondary N) is 1. The van der Waals surface area contributed by atoms with Crippen molar-refractivity contribution in [3.05, 3.63) is 33.8 Å². The van der Waals surface area contributed by atoms with E-state index in [0.717, 1.165) is 0 Å². The zero-order valence-electron chi connectivity index (χ0n) is 11.4. The molecule has 0 bridgehead atoms. The molecule has 116 valence electrons. The molecule has 1 aliphatic heterocycles.